The van der Waals surface area contributed by atoms with E-state index in [2.05, 4.69) is 15.3 Å². The lowest BCUT2D eigenvalue weighted by atomic mass is 10.2. The molecule has 0 unspecified atom stereocenters. The van der Waals surface area contributed by atoms with Crippen molar-refractivity contribution in [2.45, 2.75) is 19.9 Å². The third-order valence-electron chi connectivity index (χ3n) is 3.14. The van der Waals surface area contributed by atoms with Crippen molar-refractivity contribution >= 4 is 29.7 Å². The van der Waals surface area contributed by atoms with Crippen LogP contribution in [0.15, 0.2) is 5.38 Å². The zero-order chi connectivity index (χ0) is 13.0. The number of amides is 1. The first-order chi connectivity index (χ1) is 8.69. The molecule has 5 nitrogen and oxygen atoms in total. The maximum atomic E-state index is 11.7. The zero-order valence-corrected chi connectivity index (χ0v) is 12.8. The Morgan fingerprint density at radius 2 is 2.11 bits per heavy atom. The van der Waals surface area contributed by atoms with Crippen LogP contribution in [0.5, 0.6) is 0 Å². The number of hydrogen-bond acceptors (Lipinski definition) is 5. The number of hydrogen-bond donors (Lipinski definition) is 1. The highest BCUT2D eigenvalue weighted by atomic mass is 35.5. The molecule has 1 amide bonds. The molecule has 2 N–H and O–H groups in total. The van der Waals surface area contributed by atoms with E-state index in [1.807, 2.05) is 11.8 Å². The first-order valence-electron chi connectivity index (χ1n) is 6.30. The molecule has 2 rings (SSSR count). The van der Waals surface area contributed by atoms with Gasteiger partial charge in [0.2, 0.25) is 5.91 Å². The van der Waals surface area contributed by atoms with Gasteiger partial charge in [0.05, 0.1) is 10.7 Å². The van der Waals surface area contributed by atoms with E-state index < -0.39 is 0 Å². The first kappa shape index (κ1) is 16.4. The Morgan fingerprint density at radius 3 is 2.63 bits per heavy atom. The summed E-state index contributed by atoms with van der Waals surface area (Å²) in [6.45, 7) is 6.82. The van der Waals surface area contributed by atoms with E-state index in [1.54, 1.807) is 11.3 Å². The Labute approximate surface area is 124 Å². The molecule has 1 saturated heterocycles. The van der Waals surface area contributed by atoms with Gasteiger partial charge in [-0.2, -0.15) is 0 Å². The summed E-state index contributed by atoms with van der Waals surface area (Å²) in [5, 5.41) is 3.23. The van der Waals surface area contributed by atoms with Crippen LogP contribution in [0.1, 0.15) is 17.1 Å². The lowest BCUT2D eigenvalue weighted by molar-refractivity contribution is -0.132. The molecule has 1 aliphatic rings. The minimum Gasteiger partial charge on any atom is -0.340 e. The van der Waals surface area contributed by atoms with Crippen molar-refractivity contribution in [3.8, 4) is 0 Å². The van der Waals surface area contributed by atoms with Crippen molar-refractivity contribution in [1.82, 2.24) is 14.8 Å². The van der Waals surface area contributed by atoms with Gasteiger partial charge in [0, 0.05) is 51.1 Å². The fourth-order valence-electron chi connectivity index (χ4n) is 2.15. The van der Waals surface area contributed by atoms with E-state index in [4.69, 9.17) is 5.73 Å². The molecular weight excluding hydrogens is 284 g/mol. The minimum absolute atomic E-state index is 0. The maximum Gasteiger partial charge on any atom is 0.223 e. The van der Waals surface area contributed by atoms with Crippen LogP contribution in [0.2, 0.25) is 0 Å². The van der Waals surface area contributed by atoms with E-state index in [0.29, 0.717) is 13.0 Å². The second-order valence-electron chi connectivity index (χ2n) is 4.55. The lowest BCUT2D eigenvalue weighted by Crippen LogP contribution is -2.48. The molecule has 19 heavy (non-hydrogen) atoms. The average Bonchev–Trinajstić information content (AvgIpc) is 2.76. The number of carbonyl (C=O) groups is 1. The van der Waals surface area contributed by atoms with Crippen molar-refractivity contribution in [2.75, 3.05) is 32.7 Å². The van der Waals surface area contributed by atoms with Crippen molar-refractivity contribution in [1.29, 1.82) is 0 Å². The second-order valence-corrected chi connectivity index (χ2v) is 5.62. The van der Waals surface area contributed by atoms with E-state index in [0.717, 1.165) is 43.4 Å². The van der Waals surface area contributed by atoms with Gasteiger partial charge in [-0.15, -0.1) is 23.7 Å². The van der Waals surface area contributed by atoms with Crippen LogP contribution >= 0.6 is 23.7 Å². The number of halogens is 1. The molecule has 0 saturated carbocycles. The van der Waals surface area contributed by atoms with Gasteiger partial charge in [-0.1, -0.05) is 0 Å². The molecule has 2 heterocycles. The van der Waals surface area contributed by atoms with Crippen molar-refractivity contribution in [2.24, 2.45) is 5.73 Å². The Kier molecular flexibility index (Phi) is 6.71. The fourth-order valence-corrected chi connectivity index (χ4v) is 2.75. The van der Waals surface area contributed by atoms with E-state index in [1.165, 1.54) is 0 Å². The topological polar surface area (TPSA) is 62.5 Å². The molecule has 1 aliphatic heterocycles. The third kappa shape index (κ3) is 4.72. The molecule has 1 aromatic rings. The van der Waals surface area contributed by atoms with E-state index in [9.17, 15) is 4.79 Å². The Hall–Kier alpha value is -0.690. The number of thiazole rings is 1. The fraction of sp³-hybridized carbons (Fsp3) is 0.667. The zero-order valence-electron chi connectivity index (χ0n) is 11.2. The molecule has 0 spiro atoms. The van der Waals surface area contributed by atoms with Gasteiger partial charge in [0.1, 0.15) is 0 Å². The highest BCUT2D eigenvalue weighted by Gasteiger charge is 2.20. The maximum absolute atomic E-state index is 11.7. The predicted octanol–water partition coefficient (Wildman–Crippen LogP) is 0.866. The summed E-state index contributed by atoms with van der Waals surface area (Å²) >= 11 is 1.69. The van der Waals surface area contributed by atoms with Gasteiger partial charge in [0.15, 0.2) is 0 Å². The molecule has 108 valence electrons. The largest absolute Gasteiger partial charge is 0.340 e. The number of rotatable bonds is 4. The molecule has 0 bridgehead atoms. The first-order valence-corrected chi connectivity index (χ1v) is 7.18. The Balaban J connectivity index is 0.00000180. The minimum atomic E-state index is 0. The normalized spacial score (nSPS) is 16.2. The van der Waals surface area contributed by atoms with Crippen LogP contribution < -0.4 is 5.73 Å². The van der Waals surface area contributed by atoms with Crippen LogP contribution in [0, 0.1) is 6.92 Å². The van der Waals surface area contributed by atoms with Crippen LogP contribution in [-0.2, 0) is 11.3 Å². The van der Waals surface area contributed by atoms with Gasteiger partial charge in [0.25, 0.3) is 0 Å². The van der Waals surface area contributed by atoms with E-state index in [-0.39, 0.29) is 18.3 Å². The lowest BCUT2D eigenvalue weighted by Gasteiger charge is -2.34. The van der Waals surface area contributed by atoms with E-state index >= 15 is 0 Å². The summed E-state index contributed by atoms with van der Waals surface area (Å²) in [5.74, 6) is 0.182. The molecular formula is C12H21ClN4OS. The summed E-state index contributed by atoms with van der Waals surface area (Å²) < 4.78 is 0. The summed E-state index contributed by atoms with van der Waals surface area (Å²) in [7, 11) is 0. The Morgan fingerprint density at radius 1 is 1.42 bits per heavy atom. The van der Waals surface area contributed by atoms with Crippen LogP contribution in [0.4, 0.5) is 0 Å². The smallest absolute Gasteiger partial charge is 0.223 e. The van der Waals surface area contributed by atoms with Crippen LogP contribution in [0.25, 0.3) is 0 Å². The number of nitrogens with two attached hydrogens (primary N) is 1. The van der Waals surface area contributed by atoms with Crippen molar-refractivity contribution in [3.05, 3.63) is 16.1 Å². The quantitative estimate of drug-likeness (QED) is 0.896. The second kappa shape index (κ2) is 7.79. The van der Waals surface area contributed by atoms with Gasteiger partial charge < -0.3 is 10.6 Å². The Bertz CT molecular complexity index is 404. The molecule has 0 aromatic carbocycles. The number of aryl methyl sites for hydroxylation is 1. The van der Waals surface area contributed by atoms with Gasteiger partial charge in [-0.25, -0.2) is 4.98 Å². The number of aromatic nitrogens is 1. The molecule has 0 atom stereocenters. The highest BCUT2D eigenvalue weighted by Crippen LogP contribution is 2.12. The average molecular weight is 305 g/mol. The summed E-state index contributed by atoms with van der Waals surface area (Å²) in [6.07, 6.45) is 0.464. The molecule has 1 fully saturated rings. The van der Waals surface area contributed by atoms with Gasteiger partial charge >= 0.3 is 0 Å². The molecule has 1 aromatic heterocycles. The number of carbonyl (C=O) groups excluding carboxylic acids is 1. The van der Waals surface area contributed by atoms with Crippen molar-refractivity contribution < 1.29 is 4.79 Å². The van der Waals surface area contributed by atoms with Crippen LogP contribution in [-0.4, -0.2) is 53.4 Å². The SMILES string of the molecule is Cc1nc(CN2CCN(C(=O)CCN)CC2)cs1.Cl. The number of nitrogens with zero attached hydrogens (tertiary/aromatic N) is 3. The monoisotopic (exact) mass is 304 g/mol. The molecule has 7 heteroatoms. The van der Waals surface area contributed by atoms with Crippen LogP contribution in [0.3, 0.4) is 0 Å². The van der Waals surface area contributed by atoms with Gasteiger partial charge in [-0.3, -0.25) is 9.69 Å². The van der Waals surface area contributed by atoms with Crippen molar-refractivity contribution in [3.63, 3.8) is 0 Å². The summed E-state index contributed by atoms with van der Waals surface area (Å²) in [5.41, 5.74) is 6.54. The van der Waals surface area contributed by atoms with Gasteiger partial charge in [-0.05, 0) is 6.92 Å². The molecule has 0 radical (unpaired) electrons. The summed E-state index contributed by atoms with van der Waals surface area (Å²) in [6, 6.07) is 0. The number of piperazine rings is 1. The third-order valence-corrected chi connectivity index (χ3v) is 3.96. The predicted molar refractivity (Wildman–Crippen MR) is 79.6 cm³/mol. The summed E-state index contributed by atoms with van der Waals surface area (Å²) in [4.78, 5) is 20.4. The molecule has 0 aliphatic carbocycles. The highest BCUT2D eigenvalue weighted by molar-refractivity contribution is 7.09. The standard InChI is InChI=1S/C12H20N4OS.ClH/c1-10-14-11(9-18-10)8-15-4-6-16(7-5-15)12(17)2-3-13;/h9H,2-8,13H2,1H3;1H.